The van der Waals surface area contributed by atoms with Gasteiger partial charge in [-0.15, -0.1) is 0 Å². The van der Waals surface area contributed by atoms with E-state index in [-0.39, 0.29) is 24.4 Å². The number of rotatable bonds is 11. The van der Waals surface area contributed by atoms with Crippen molar-refractivity contribution in [3.63, 3.8) is 0 Å². The van der Waals surface area contributed by atoms with Gasteiger partial charge in [-0.25, -0.2) is 0 Å². The second-order valence-electron chi connectivity index (χ2n) is 7.56. The molecule has 2 aromatic carbocycles. The smallest absolute Gasteiger partial charge is 0.253 e. The van der Waals surface area contributed by atoms with Gasteiger partial charge in [0.2, 0.25) is 5.91 Å². The molecule has 0 saturated heterocycles. The summed E-state index contributed by atoms with van der Waals surface area (Å²) in [5, 5.41) is 5.87. The zero-order valence-electron chi connectivity index (χ0n) is 18.4. The van der Waals surface area contributed by atoms with Crippen molar-refractivity contribution >= 4 is 17.5 Å². The number of para-hydroxylation sites is 1. The summed E-state index contributed by atoms with van der Waals surface area (Å²) in [5.41, 5.74) is 2.05. The highest BCUT2D eigenvalue weighted by Crippen LogP contribution is 2.28. The number of amides is 2. The number of likely N-dealkylation sites (N-methyl/N-ethyl adjacent to an activating group) is 1. The number of hydrogen-bond acceptors (Lipinski definition) is 5. The van der Waals surface area contributed by atoms with Gasteiger partial charge in [-0.3, -0.25) is 14.5 Å². The number of carbonyl (C=O) groups excluding carboxylic acids is 2. The third-order valence-corrected chi connectivity index (χ3v) is 5.11. The van der Waals surface area contributed by atoms with E-state index in [4.69, 9.17) is 9.47 Å². The van der Waals surface area contributed by atoms with Crippen molar-refractivity contribution in [2.24, 2.45) is 0 Å². The van der Waals surface area contributed by atoms with E-state index in [9.17, 15) is 9.59 Å². The van der Waals surface area contributed by atoms with Crippen LogP contribution in [0.5, 0.6) is 11.5 Å². The van der Waals surface area contributed by atoms with Crippen LogP contribution in [-0.2, 0) is 11.3 Å². The molecule has 7 heteroatoms. The highest BCUT2D eigenvalue weighted by molar-refractivity contribution is 6.04. The summed E-state index contributed by atoms with van der Waals surface area (Å²) in [5.74, 6) is 1.07. The topological polar surface area (TPSA) is 79.9 Å². The van der Waals surface area contributed by atoms with Crippen molar-refractivity contribution in [1.82, 2.24) is 10.2 Å². The minimum atomic E-state index is -0.161. The van der Waals surface area contributed by atoms with E-state index in [2.05, 4.69) is 10.6 Å². The summed E-state index contributed by atoms with van der Waals surface area (Å²) in [7, 11) is 1.61. The molecule has 0 aromatic heterocycles. The number of hydrogen-bond donors (Lipinski definition) is 2. The van der Waals surface area contributed by atoms with Crippen molar-refractivity contribution in [3.8, 4) is 11.5 Å². The lowest BCUT2D eigenvalue weighted by molar-refractivity contribution is -0.117. The van der Waals surface area contributed by atoms with Gasteiger partial charge in [0.1, 0.15) is 0 Å². The average molecular weight is 426 g/mol. The Morgan fingerprint density at radius 2 is 1.87 bits per heavy atom. The summed E-state index contributed by atoms with van der Waals surface area (Å²) in [4.78, 5) is 27.2. The Bertz CT molecular complexity index is 911. The van der Waals surface area contributed by atoms with Gasteiger partial charge in [0.05, 0.1) is 31.5 Å². The van der Waals surface area contributed by atoms with Crippen LogP contribution in [0.15, 0.2) is 42.5 Å². The highest BCUT2D eigenvalue weighted by atomic mass is 16.5. The van der Waals surface area contributed by atoms with Crippen LogP contribution in [0.3, 0.4) is 0 Å². The molecule has 2 amide bonds. The third kappa shape index (κ3) is 6.46. The first-order chi connectivity index (χ1) is 15.0. The summed E-state index contributed by atoms with van der Waals surface area (Å²) in [6.07, 6.45) is 2.03. The van der Waals surface area contributed by atoms with Crippen LogP contribution in [0.25, 0.3) is 0 Å². The Labute approximate surface area is 183 Å². The Morgan fingerprint density at radius 3 is 2.55 bits per heavy atom. The standard InChI is InChI=1S/C24H31N3O4/c1-4-27(15-17-10-13-21(31-5-2)22(14-17)30-3)16-23(28)26-20-9-7-6-8-19(20)24(29)25-18-11-12-18/h6-10,13-14,18H,4-5,11-12,15-16H2,1-3H3,(H,25,29)(H,26,28). The lowest BCUT2D eigenvalue weighted by Gasteiger charge is -2.21. The fourth-order valence-electron chi connectivity index (χ4n) is 3.30. The van der Waals surface area contributed by atoms with Gasteiger partial charge >= 0.3 is 0 Å². The molecule has 1 saturated carbocycles. The molecule has 0 aliphatic heterocycles. The Kier molecular flexibility index (Phi) is 7.89. The number of anilines is 1. The lowest BCUT2D eigenvalue weighted by atomic mass is 10.1. The van der Waals surface area contributed by atoms with E-state index in [0.717, 1.165) is 18.4 Å². The second-order valence-corrected chi connectivity index (χ2v) is 7.56. The molecule has 0 unspecified atom stereocenters. The molecule has 0 spiro atoms. The van der Waals surface area contributed by atoms with E-state index in [1.54, 1.807) is 25.3 Å². The van der Waals surface area contributed by atoms with Crippen LogP contribution in [0.2, 0.25) is 0 Å². The van der Waals surface area contributed by atoms with Gasteiger partial charge in [0.25, 0.3) is 5.91 Å². The van der Waals surface area contributed by atoms with Gasteiger partial charge in [-0.2, -0.15) is 0 Å². The minimum absolute atomic E-state index is 0.146. The van der Waals surface area contributed by atoms with Gasteiger partial charge < -0.3 is 20.1 Å². The van der Waals surface area contributed by atoms with Gasteiger partial charge in [-0.05, 0) is 56.1 Å². The molecular weight excluding hydrogens is 394 g/mol. The molecule has 0 heterocycles. The average Bonchev–Trinajstić information content (AvgIpc) is 3.58. The largest absolute Gasteiger partial charge is 0.493 e. The number of carbonyl (C=O) groups is 2. The highest BCUT2D eigenvalue weighted by Gasteiger charge is 2.25. The molecule has 2 N–H and O–H groups in total. The zero-order chi connectivity index (χ0) is 22.2. The minimum Gasteiger partial charge on any atom is -0.493 e. The number of nitrogens with zero attached hydrogens (tertiary/aromatic N) is 1. The molecule has 1 aliphatic carbocycles. The predicted octanol–water partition coefficient (Wildman–Crippen LogP) is 3.45. The number of benzene rings is 2. The summed E-state index contributed by atoms with van der Waals surface area (Å²) < 4.78 is 11.0. The molecule has 1 aliphatic rings. The van der Waals surface area contributed by atoms with Crippen molar-refractivity contribution in [1.29, 1.82) is 0 Å². The summed E-state index contributed by atoms with van der Waals surface area (Å²) >= 11 is 0. The number of nitrogens with one attached hydrogen (secondary N) is 2. The van der Waals surface area contributed by atoms with Crippen LogP contribution < -0.4 is 20.1 Å². The maximum Gasteiger partial charge on any atom is 0.253 e. The van der Waals surface area contributed by atoms with Crippen LogP contribution in [0.4, 0.5) is 5.69 Å². The number of methoxy groups -OCH3 is 1. The Morgan fingerprint density at radius 1 is 1.10 bits per heavy atom. The van der Waals surface area contributed by atoms with E-state index < -0.39 is 0 Å². The molecule has 0 atom stereocenters. The molecule has 31 heavy (non-hydrogen) atoms. The molecule has 0 radical (unpaired) electrons. The van der Waals surface area contributed by atoms with Gasteiger partial charge in [-0.1, -0.05) is 25.1 Å². The normalized spacial score (nSPS) is 13.0. The van der Waals surface area contributed by atoms with Crippen LogP contribution in [0.1, 0.15) is 42.6 Å². The molecule has 166 valence electrons. The van der Waals surface area contributed by atoms with Crippen molar-refractivity contribution < 1.29 is 19.1 Å². The Balaban J connectivity index is 1.62. The number of ether oxygens (including phenoxy) is 2. The van der Waals surface area contributed by atoms with Crippen LogP contribution in [0, 0.1) is 0 Å². The quantitative estimate of drug-likeness (QED) is 0.577. The fourth-order valence-corrected chi connectivity index (χ4v) is 3.30. The van der Waals surface area contributed by atoms with Crippen LogP contribution >= 0.6 is 0 Å². The predicted molar refractivity (Wildman–Crippen MR) is 121 cm³/mol. The zero-order valence-corrected chi connectivity index (χ0v) is 18.4. The monoisotopic (exact) mass is 425 g/mol. The molecule has 1 fully saturated rings. The van der Waals surface area contributed by atoms with Gasteiger partial charge in [0, 0.05) is 12.6 Å². The summed E-state index contributed by atoms with van der Waals surface area (Å²) in [6, 6.07) is 13.2. The van der Waals surface area contributed by atoms with Crippen molar-refractivity contribution in [2.75, 3.05) is 32.1 Å². The van der Waals surface area contributed by atoms with E-state index in [1.165, 1.54) is 0 Å². The third-order valence-electron chi connectivity index (χ3n) is 5.11. The van der Waals surface area contributed by atoms with E-state index in [0.29, 0.717) is 42.4 Å². The Hall–Kier alpha value is -3.06. The maximum absolute atomic E-state index is 12.7. The van der Waals surface area contributed by atoms with Crippen LogP contribution in [-0.4, -0.2) is 49.6 Å². The van der Waals surface area contributed by atoms with E-state index in [1.807, 2.05) is 43.0 Å². The van der Waals surface area contributed by atoms with E-state index >= 15 is 0 Å². The van der Waals surface area contributed by atoms with Crippen molar-refractivity contribution in [3.05, 3.63) is 53.6 Å². The first kappa shape index (κ1) is 22.6. The maximum atomic E-state index is 12.7. The molecule has 7 nitrogen and oxygen atoms in total. The second kappa shape index (κ2) is 10.8. The molecule has 3 rings (SSSR count). The summed E-state index contributed by atoms with van der Waals surface area (Å²) in [6.45, 7) is 6.01. The molecular formula is C24H31N3O4. The molecule has 0 bridgehead atoms. The fraction of sp³-hybridized carbons (Fsp3) is 0.417. The van der Waals surface area contributed by atoms with Crippen molar-refractivity contribution in [2.45, 2.75) is 39.3 Å². The first-order valence-corrected chi connectivity index (χ1v) is 10.8. The lowest BCUT2D eigenvalue weighted by Crippen LogP contribution is -2.33. The van der Waals surface area contributed by atoms with Gasteiger partial charge in [0.15, 0.2) is 11.5 Å². The first-order valence-electron chi connectivity index (χ1n) is 10.8. The molecule has 2 aromatic rings. The SMILES string of the molecule is CCOc1ccc(CN(CC)CC(=O)Nc2ccccc2C(=O)NC2CC2)cc1OC.